The van der Waals surface area contributed by atoms with E-state index >= 15 is 0 Å². The van der Waals surface area contributed by atoms with E-state index in [2.05, 4.69) is 23.2 Å². The highest BCUT2D eigenvalue weighted by Gasteiger charge is 2.22. The summed E-state index contributed by atoms with van der Waals surface area (Å²) in [6.45, 7) is 5.07. The Hall–Kier alpha value is -2.79. The van der Waals surface area contributed by atoms with Crippen LogP contribution in [-0.4, -0.2) is 20.4 Å². The zero-order valence-corrected chi connectivity index (χ0v) is 13.1. The van der Waals surface area contributed by atoms with Gasteiger partial charge in [-0.15, -0.1) is 0 Å². The first-order valence-electron chi connectivity index (χ1n) is 7.43. The average molecular weight is 308 g/mol. The molecule has 118 valence electrons. The number of nitrogens with one attached hydrogen (secondary N) is 1. The SMILES string of the molecule is C=NN1/C(=C(\N)c2ccccc2OC)CNCc2ccccc21. The lowest BCUT2D eigenvalue weighted by Crippen LogP contribution is -2.25. The Morgan fingerprint density at radius 3 is 2.70 bits per heavy atom. The largest absolute Gasteiger partial charge is 0.496 e. The van der Waals surface area contributed by atoms with E-state index in [0.29, 0.717) is 12.2 Å². The molecule has 0 saturated carbocycles. The Labute approximate surface area is 136 Å². The van der Waals surface area contributed by atoms with E-state index in [1.54, 1.807) is 12.1 Å². The number of nitrogens with two attached hydrogens (primary N) is 1. The number of rotatable bonds is 3. The van der Waals surface area contributed by atoms with Crippen molar-refractivity contribution in [3.8, 4) is 5.75 Å². The van der Waals surface area contributed by atoms with Gasteiger partial charge in [-0.25, -0.2) is 5.01 Å². The summed E-state index contributed by atoms with van der Waals surface area (Å²) in [6, 6.07) is 15.8. The molecule has 2 aromatic rings. The maximum atomic E-state index is 6.47. The van der Waals surface area contributed by atoms with Gasteiger partial charge in [-0.05, 0) is 23.8 Å². The van der Waals surface area contributed by atoms with Crippen molar-refractivity contribution < 1.29 is 4.74 Å². The average Bonchev–Trinajstić information content (AvgIpc) is 2.80. The topological polar surface area (TPSA) is 62.9 Å². The number of hydrazone groups is 1. The number of methoxy groups -OCH3 is 1. The molecule has 0 fully saturated rings. The minimum Gasteiger partial charge on any atom is -0.496 e. The highest BCUT2D eigenvalue weighted by Crippen LogP contribution is 2.31. The van der Waals surface area contributed by atoms with Crippen LogP contribution in [0.15, 0.2) is 59.3 Å². The van der Waals surface area contributed by atoms with Crippen molar-refractivity contribution in [2.24, 2.45) is 10.8 Å². The molecule has 2 aromatic carbocycles. The third-order valence-electron chi connectivity index (χ3n) is 3.93. The lowest BCUT2D eigenvalue weighted by molar-refractivity contribution is 0.413. The van der Waals surface area contributed by atoms with E-state index in [-0.39, 0.29) is 0 Å². The first kappa shape index (κ1) is 15.1. The van der Waals surface area contributed by atoms with Crippen molar-refractivity contribution in [3.63, 3.8) is 0 Å². The molecule has 1 aliphatic rings. The normalized spacial score (nSPS) is 16.3. The van der Waals surface area contributed by atoms with Crippen LogP contribution in [0.2, 0.25) is 0 Å². The molecule has 0 aliphatic carbocycles. The van der Waals surface area contributed by atoms with Gasteiger partial charge in [0.2, 0.25) is 0 Å². The first-order chi connectivity index (χ1) is 11.3. The smallest absolute Gasteiger partial charge is 0.128 e. The molecule has 5 heteroatoms. The molecule has 1 aliphatic heterocycles. The van der Waals surface area contributed by atoms with Gasteiger partial charge >= 0.3 is 0 Å². The molecule has 0 saturated heterocycles. The Bertz CT molecular complexity index is 754. The summed E-state index contributed by atoms with van der Waals surface area (Å²) in [5, 5.41) is 9.40. The summed E-state index contributed by atoms with van der Waals surface area (Å²) >= 11 is 0. The maximum absolute atomic E-state index is 6.47. The fourth-order valence-electron chi connectivity index (χ4n) is 2.80. The maximum Gasteiger partial charge on any atom is 0.128 e. The van der Waals surface area contributed by atoms with Gasteiger partial charge in [0.05, 0.1) is 24.2 Å². The van der Waals surface area contributed by atoms with Crippen molar-refractivity contribution in [2.45, 2.75) is 6.54 Å². The van der Waals surface area contributed by atoms with Crippen LogP contribution in [-0.2, 0) is 6.54 Å². The van der Waals surface area contributed by atoms with E-state index < -0.39 is 0 Å². The first-order valence-corrected chi connectivity index (χ1v) is 7.43. The summed E-state index contributed by atoms with van der Waals surface area (Å²) in [5.41, 5.74) is 10.9. The van der Waals surface area contributed by atoms with Gasteiger partial charge in [0, 0.05) is 25.4 Å². The van der Waals surface area contributed by atoms with Gasteiger partial charge in [0.15, 0.2) is 0 Å². The van der Waals surface area contributed by atoms with Crippen LogP contribution in [0.25, 0.3) is 5.70 Å². The van der Waals surface area contributed by atoms with Crippen molar-refractivity contribution >= 4 is 18.1 Å². The van der Waals surface area contributed by atoms with Crippen LogP contribution in [0.5, 0.6) is 5.75 Å². The van der Waals surface area contributed by atoms with Crippen LogP contribution >= 0.6 is 0 Å². The van der Waals surface area contributed by atoms with Crippen LogP contribution in [0.4, 0.5) is 5.69 Å². The number of hydrogen-bond donors (Lipinski definition) is 2. The van der Waals surface area contributed by atoms with Gasteiger partial charge in [-0.1, -0.05) is 30.3 Å². The van der Waals surface area contributed by atoms with Crippen molar-refractivity contribution in [1.29, 1.82) is 0 Å². The molecular weight excluding hydrogens is 288 g/mol. The molecule has 0 amide bonds. The molecule has 1 heterocycles. The van der Waals surface area contributed by atoms with Gasteiger partial charge < -0.3 is 15.8 Å². The van der Waals surface area contributed by atoms with E-state index in [1.165, 1.54) is 0 Å². The van der Waals surface area contributed by atoms with Gasteiger partial charge in [-0.2, -0.15) is 5.10 Å². The fraction of sp³-hybridized carbons (Fsp3) is 0.167. The molecule has 0 aromatic heterocycles. The number of para-hydroxylation sites is 2. The molecule has 3 N–H and O–H groups in total. The second-order valence-corrected chi connectivity index (χ2v) is 5.25. The third-order valence-corrected chi connectivity index (χ3v) is 3.93. The molecular formula is C18H20N4O. The highest BCUT2D eigenvalue weighted by atomic mass is 16.5. The van der Waals surface area contributed by atoms with E-state index in [4.69, 9.17) is 10.5 Å². The lowest BCUT2D eigenvalue weighted by atomic mass is 10.1. The summed E-state index contributed by atoms with van der Waals surface area (Å²) in [7, 11) is 1.64. The number of benzene rings is 2. The predicted octanol–water partition coefficient (Wildman–Crippen LogP) is 2.55. The predicted molar refractivity (Wildman–Crippen MR) is 94.3 cm³/mol. The standard InChI is InChI=1S/C18H20N4O/c1-20-22-15-9-5-3-7-13(15)11-21-12-16(22)18(19)14-8-4-6-10-17(14)23-2/h3-10,21H,1,11-12,19H2,2H3/b18-16-. The lowest BCUT2D eigenvalue weighted by Gasteiger charge is -2.23. The van der Waals surface area contributed by atoms with Gasteiger partial charge in [0.25, 0.3) is 0 Å². The number of fused-ring (bicyclic) bond motifs is 1. The number of ether oxygens (including phenoxy) is 1. The van der Waals surface area contributed by atoms with Crippen LogP contribution in [0, 0.1) is 0 Å². The van der Waals surface area contributed by atoms with Crippen molar-refractivity contribution in [2.75, 3.05) is 18.7 Å². The molecule has 0 bridgehead atoms. The van der Waals surface area contributed by atoms with E-state index in [9.17, 15) is 0 Å². The number of hydrogen-bond acceptors (Lipinski definition) is 5. The van der Waals surface area contributed by atoms with Crippen molar-refractivity contribution in [3.05, 3.63) is 65.4 Å². The van der Waals surface area contributed by atoms with Crippen molar-refractivity contribution in [1.82, 2.24) is 5.32 Å². The van der Waals surface area contributed by atoms with Crippen LogP contribution in [0.3, 0.4) is 0 Å². The second-order valence-electron chi connectivity index (χ2n) is 5.25. The third kappa shape index (κ3) is 2.78. The molecule has 0 spiro atoms. The quantitative estimate of drug-likeness (QED) is 0.855. The molecule has 0 radical (unpaired) electrons. The Morgan fingerprint density at radius 1 is 1.17 bits per heavy atom. The molecule has 0 unspecified atom stereocenters. The van der Waals surface area contributed by atoms with Crippen LogP contribution in [0.1, 0.15) is 11.1 Å². The van der Waals surface area contributed by atoms with Gasteiger partial charge in [-0.3, -0.25) is 0 Å². The molecule has 0 atom stereocenters. The number of anilines is 1. The minimum atomic E-state index is 0.595. The highest BCUT2D eigenvalue weighted by molar-refractivity contribution is 5.76. The summed E-state index contributed by atoms with van der Waals surface area (Å²) < 4.78 is 5.43. The van der Waals surface area contributed by atoms with Gasteiger partial charge in [0.1, 0.15) is 5.75 Å². The summed E-state index contributed by atoms with van der Waals surface area (Å²) in [5.74, 6) is 0.735. The van der Waals surface area contributed by atoms with E-state index in [1.807, 2.05) is 42.5 Å². The monoisotopic (exact) mass is 308 g/mol. The molecule has 5 nitrogen and oxygen atoms in total. The second kappa shape index (κ2) is 6.54. The zero-order chi connectivity index (χ0) is 16.2. The fourth-order valence-corrected chi connectivity index (χ4v) is 2.80. The molecule has 3 rings (SSSR count). The van der Waals surface area contributed by atoms with Crippen LogP contribution < -0.4 is 20.8 Å². The number of nitrogens with zero attached hydrogens (tertiary/aromatic N) is 2. The summed E-state index contributed by atoms with van der Waals surface area (Å²) in [4.78, 5) is 0. The summed E-state index contributed by atoms with van der Waals surface area (Å²) in [6.07, 6.45) is 0. The Kier molecular flexibility index (Phi) is 4.30. The van der Waals surface area contributed by atoms with E-state index in [0.717, 1.165) is 34.8 Å². The molecule has 23 heavy (non-hydrogen) atoms. The minimum absolute atomic E-state index is 0.595. The zero-order valence-electron chi connectivity index (χ0n) is 13.1. The Morgan fingerprint density at radius 2 is 1.91 bits per heavy atom. The Balaban J connectivity index is 2.15.